The van der Waals surface area contributed by atoms with Gasteiger partial charge in [0.1, 0.15) is 0 Å². The minimum atomic E-state index is 0.193. The van der Waals surface area contributed by atoms with E-state index < -0.39 is 0 Å². The summed E-state index contributed by atoms with van der Waals surface area (Å²) < 4.78 is 5.56. The Morgan fingerprint density at radius 2 is 1.89 bits per heavy atom. The molecular formula is C15H23Cl2NO. The molecular weight excluding hydrogens is 281 g/mol. The van der Waals surface area contributed by atoms with E-state index in [2.05, 4.69) is 26.1 Å². The maximum absolute atomic E-state index is 6.17. The highest BCUT2D eigenvalue weighted by Crippen LogP contribution is 2.25. The number of halogens is 2. The minimum absolute atomic E-state index is 0.193. The monoisotopic (exact) mass is 303 g/mol. The van der Waals surface area contributed by atoms with Crippen molar-refractivity contribution in [1.29, 1.82) is 0 Å². The zero-order valence-corrected chi connectivity index (χ0v) is 13.4. The lowest BCUT2D eigenvalue weighted by Crippen LogP contribution is -2.23. The molecule has 0 aliphatic heterocycles. The normalized spacial score (nSPS) is 12.9. The minimum Gasteiger partial charge on any atom is -0.380 e. The van der Waals surface area contributed by atoms with Gasteiger partial charge in [-0.3, -0.25) is 0 Å². The van der Waals surface area contributed by atoms with Crippen LogP contribution in [-0.4, -0.2) is 19.8 Å². The van der Waals surface area contributed by atoms with Crippen LogP contribution in [0.5, 0.6) is 0 Å². The van der Waals surface area contributed by atoms with Gasteiger partial charge in [0.05, 0.1) is 6.61 Å². The molecule has 0 radical (unpaired) electrons. The summed E-state index contributed by atoms with van der Waals surface area (Å²) in [6.45, 7) is 8.86. The van der Waals surface area contributed by atoms with Crippen LogP contribution >= 0.6 is 23.2 Å². The molecule has 1 atom stereocenters. The molecule has 0 bridgehead atoms. The van der Waals surface area contributed by atoms with E-state index >= 15 is 0 Å². The van der Waals surface area contributed by atoms with E-state index in [4.69, 9.17) is 27.9 Å². The largest absolute Gasteiger partial charge is 0.380 e. The van der Waals surface area contributed by atoms with Crippen LogP contribution in [0.1, 0.15) is 38.8 Å². The molecule has 0 aliphatic rings. The van der Waals surface area contributed by atoms with E-state index in [-0.39, 0.29) is 6.04 Å². The van der Waals surface area contributed by atoms with Crippen molar-refractivity contribution in [3.05, 3.63) is 33.8 Å². The van der Waals surface area contributed by atoms with Crippen molar-refractivity contribution in [2.24, 2.45) is 5.92 Å². The third kappa shape index (κ3) is 6.62. The van der Waals surface area contributed by atoms with E-state index in [9.17, 15) is 0 Å². The van der Waals surface area contributed by atoms with Gasteiger partial charge in [0, 0.05) is 29.2 Å². The van der Waals surface area contributed by atoms with Crippen LogP contribution in [-0.2, 0) is 4.74 Å². The van der Waals surface area contributed by atoms with Gasteiger partial charge in [0.15, 0.2) is 0 Å². The molecule has 0 aromatic heterocycles. The number of rotatable bonds is 8. The Balaban J connectivity index is 2.25. The molecule has 0 amide bonds. The first-order valence-electron chi connectivity index (χ1n) is 6.76. The highest BCUT2D eigenvalue weighted by molar-refractivity contribution is 6.35. The summed E-state index contributed by atoms with van der Waals surface area (Å²) in [6, 6.07) is 5.79. The SMILES string of the molecule is CC(C)CCOCCNC(C)c1ccc(Cl)cc1Cl. The Kier molecular flexibility index (Phi) is 7.77. The van der Waals surface area contributed by atoms with E-state index in [0.29, 0.717) is 16.0 Å². The number of hydrogen-bond acceptors (Lipinski definition) is 2. The second kappa shape index (κ2) is 8.80. The quantitative estimate of drug-likeness (QED) is 0.702. The maximum atomic E-state index is 6.17. The second-order valence-corrected chi connectivity index (χ2v) is 5.98. The summed E-state index contributed by atoms with van der Waals surface area (Å²) in [6.07, 6.45) is 1.11. The third-order valence-corrected chi connectivity index (χ3v) is 3.53. The van der Waals surface area contributed by atoms with E-state index in [1.165, 1.54) is 0 Å². The molecule has 0 aliphatic carbocycles. The summed E-state index contributed by atoms with van der Waals surface area (Å²) in [5.41, 5.74) is 1.06. The van der Waals surface area contributed by atoms with Crippen LogP contribution in [0.2, 0.25) is 10.0 Å². The highest BCUT2D eigenvalue weighted by Gasteiger charge is 2.09. The Morgan fingerprint density at radius 3 is 2.53 bits per heavy atom. The summed E-state index contributed by atoms with van der Waals surface area (Å²) in [4.78, 5) is 0. The summed E-state index contributed by atoms with van der Waals surface area (Å²) in [7, 11) is 0. The van der Waals surface area contributed by atoms with Crippen molar-refractivity contribution in [3.63, 3.8) is 0 Å². The first-order chi connectivity index (χ1) is 9.00. The molecule has 1 aromatic carbocycles. The van der Waals surface area contributed by atoms with E-state index in [1.54, 1.807) is 6.07 Å². The average molecular weight is 304 g/mol. The Bertz CT molecular complexity index is 382. The summed E-state index contributed by atoms with van der Waals surface area (Å²) in [5, 5.41) is 4.76. The summed E-state index contributed by atoms with van der Waals surface area (Å²) in [5.74, 6) is 0.694. The molecule has 0 saturated carbocycles. The number of hydrogen-bond donors (Lipinski definition) is 1. The smallest absolute Gasteiger partial charge is 0.0591 e. The number of benzene rings is 1. The zero-order valence-electron chi connectivity index (χ0n) is 11.9. The van der Waals surface area contributed by atoms with Gasteiger partial charge in [-0.15, -0.1) is 0 Å². The van der Waals surface area contributed by atoms with Crippen molar-refractivity contribution in [3.8, 4) is 0 Å². The fraction of sp³-hybridized carbons (Fsp3) is 0.600. The lowest BCUT2D eigenvalue weighted by molar-refractivity contribution is 0.123. The second-order valence-electron chi connectivity index (χ2n) is 5.14. The van der Waals surface area contributed by atoms with Gasteiger partial charge in [-0.25, -0.2) is 0 Å². The third-order valence-electron chi connectivity index (χ3n) is 2.97. The topological polar surface area (TPSA) is 21.3 Å². The molecule has 1 aromatic rings. The predicted molar refractivity (Wildman–Crippen MR) is 83.2 cm³/mol. The molecule has 0 heterocycles. The Hall–Kier alpha value is -0.280. The molecule has 0 saturated heterocycles. The summed E-state index contributed by atoms with van der Waals surface area (Å²) >= 11 is 12.0. The lowest BCUT2D eigenvalue weighted by Gasteiger charge is -2.16. The van der Waals surface area contributed by atoms with Gasteiger partial charge in [-0.05, 0) is 37.0 Å². The molecule has 19 heavy (non-hydrogen) atoms. The molecule has 4 heteroatoms. The highest BCUT2D eigenvalue weighted by atomic mass is 35.5. The standard InChI is InChI=1S/C15H23Cl2NO/c1-11(2)6-8-19-9-7-18-12(3)14-5-4-13(16)10-15(14)17/h4-5,10-12,18H,6-9H2,1-3H3. The average Bonchev–Trinajstić information content (AvgIpc) is 2.32. The first-order valence-corrected chi connectivity index (χ1v) is 7.52. The van der Waals surface area contributed by atoms with E-state index in [0.717, 1.165) is 31.7 Å². The fourth-order valence-electron chi connectivity index (χ4n) is 1.73. The fourth-order valence-corrected chi connectivity index (χ4v) is 2.30. The van der Waals surface area contributed by atoms with Gasteiger partial charge in [0.25, 0.3) is 0 Å². The molecule has 1 rings (SSSR count). The van der Waals surface area contributed by atoms with Gasteiger partial charge >= 0.3 is 0 Å². The molecule has 108 valence electrons. The van der Waals surface area contributed by atoms with Gasteiger partial charge in [-0.1, -0.05) is 43.1 Å². The number of ether oxygens (including phenoxy) is 1. The van der Waals surface area contributed by atoms with Gasteiger partial charge < -0.3 is 10.1 Å². The molecule has 1 unspecified atom stereocenters. The maximum Gasteiger partial charge on any atom is 0.0591 e. The van der Waals surface area contributed by atoms with Crippen LogP contribution in [0, 0.1) is 5.92 Å². The van der Waals surface area contributed by atoms with Crippen LogP contribution in [0.3, 0.4) is 0 Å². The van der Waals surface area contributed by atoms with E-state index in [1.807, 2.05) is 12.1 Å². The van der Waals surface area contributed by atoms with Crippen molar-refractivity contribution < 1.29 is 4.74 Å². The predicted octanol–water partition coefficient (Wildman–Crippen LogP) is 4.71. The van der Waals surface area contributed by atoms with Crippen LogP contribution in [0.4, 0.5) is 0 Å². The molecule has 2 nitrogen and oxygen atoms in total. The first kappa shape index (κ1) is 16.8. The molecule has 0 fully saturated rings. The number of nitrogens with one attached hydrogen (secondary N) is 1. The Labute approximate surface area is 126 Å². The van der Waals surface area contributed by atoms with Crippen molar-refractivity contribution in [2.45, 2.75) is 33.2 Å². The van der Waals surface area contributed by atoms with Crippen molar-refractivity contribution >= 4 is 23.2 Å². The molecule has 1 N–H and O–H groups in total. The van der Waals surface area contributed by atoms with Crippen molar-refractivity contribution in [1.82, 2.24) is 5.32 Å². The molecule has 0 spiro atoms. The van der Waals surface area contributed by atoms with Crippen LogP contribution < -0.4 is 5.32 Å². The Morgan fingerprint density at radius 1 is 1.16 bits per heavy atom. The van der Waals surface area contributed by atoms with Gasteiger partial charge in [0.2, 0.25) is 0 Å². The van der Waals surface area contributed by atoms with Crippen molar-refractivity contribution in [2.75, 3.05) is 19.8 Å². The van der Waals surface area contributed by atoms with Crippen LogP contribution in [0.15, 0.2) is 18.2 Å². The van der Waals surface area contributed by atoms with Gasteiger partial charge in [-0.2, -0.15) is 0 Å². The van der Waals surface area contributed by atoms with Crippen LogP contribution in [0.25, 0.3) is 0 Å². The lowest BCUT2D eigenvalue weighted by atomic mass is 10.1. The zero-order chi connectivity index (χ0) is 14.3.